The minimum absolute atomic E-state index is 0.138. The van der Waals surface area contributed by atoms with Crippen LogP contribution in [0.2, 0.25) is 0 Å². The average molecular weight is 419 g/mol. The van der Waals surface area contributed by atoms with Crippen LogP contribution in [0.15, 0.2) is 70.7 Å². The summed E-state index contributed by atoms with van der Waals surface area (Å²) in [7, 11) is 0. The van der Waals surface area contributed by atoms with E-state index in [-0.39, 0.29) is 23.8 Å². The summed E-state index contributed by atoms with van der Waals surface area (Å²) in [5.41, 5.74) is 2.59. The molecule has 0 saturated heterocycles. The number of Topliss-reactive ketones (excluding diaryl/α,β-unsaturated/α-hetero) is 1. The molecule has 0 spiro atoms. The van der Waals surface area contributed by atoms with Gasteiger partial charge in [-0.25, -0.2) is 9.78 Å². The summed E-state index contributed by atoms with van der Waals surface area (Å²) in [4.78, 5) is 29.0. The van der Waals surface area contributed by atoms with Crippen LogP contribution in [-0.2, 0) is 6.61 Å². The summed E-state index contributed by atoms with van der Waals surface area (Å²) < 4.78 is 11.5. The third kappa shape index (κ3) is 4.01. The number of thiophene rings is 1. The van der Waals surface area contributed by atoms with Gasteiger partial charge in [0.25, 0.3) is 0 Å². The number of pyridine rings is 1. The van der Waals surface area contributed by atoms with Crippen LogP contribution in [0.25, 0.3) is 21.9 Å². The number of rotatable bonds is 7. The first-order valence-corrected chi connectivity index (χ1v) is 9.99. The molecule has 0 amide bonds. The molecule has 0 aliphatic heterocycles. The number of aromatic carboxylic acids is 1. The van der Waals surface area contributed by atoms with Crippen LogP contribution in [-0.4, -0.2) is 21.8 Å². The minimum Gasteiger partial charge on any atom is -0.478 e. The smallest absolute Gasteiger partial charge is 0.335 e. The van der Waals surface area contributed by atoms with Crippen LogP contribution >= 0.6 is 11.3 Å². The van der Waals surface area contributed by atoms with Crippen molar-refractivity contribution in [3.63, 3.8) is 0 Å². The highest BCUT2D eigenvalue weighted by molar-refractivity contribution is 7.13. The molecule has 0 saturated carbocycles. The second kappa shape index (κ2) is 8.34. The van der Waals surface area contributed by atoms with Gasteiger partial charge in [0.1, 0.15) is 12.4 Å². The summed E-state index contributed by atoms with van der Waals surface area (Å²) in [6, 6.07) is 15.6. The first-order chi connectivity index (χ1) is 14.5. The Bertz CT molecular complexity index is 1180. The molecule has 1 aromatic carbocycles. The Balaban J connectivity index is 1.75. The molecular weight excluding hydrogens is 402 g/mol. The average Bonchev–Trinajstić information content (AvgIpc) is 3.46. The second-order valence-corrected chi connectivity index (χ2v) is 7.48. The SMILES string of the molecule is CC(=O)c1c(-c2ccco2)cc(-c2cccs2)nc1OCc1ccc(C(=O)O)cc1. The van der Waals surface area contributed by atoms with Gasteiger partial charge in [-0.2, -0.15) is 0 Å². The Morgan fingerprint density at radius 2 is 1.93 bits per heavy atom. The van der Waals surface area contributed by atoms with Crippen molar-refractivity contribution in [1.82, 2.24) is 4.98 Å². The molecule has 7 heteroatoms. The summed E-state index contributed by atoms with van der Waals surface area (Å²) in [5.74, 6) is -0.421. The molecule has 3 aromatic heterocycles. The van der Waals surface area contributed by atoms with Crippen molar-refractivity contribution in [2.45, 2.75) is 13.5 Å². The standard InChI is InChI=1S/C23H17NO5S/c1-14(25)21-17(19-4-2-10-28-19)12-18(20-5-3-11-30-20)24-22(21)29-13-15-6-8-16(9-7-15)23(26)27/h2-12H,13H2,1H3,(H,26,27). The lowest BCUT2D eigenvalue weighted by Gasteiger charge is -2.14. The Morgan fingerprint density at radius 1 is 1.13 bits per heavy atom. The number of carbonyl (C=O) groups excluding carboxylic acids is 1. The number of ether oxygens (including phenoxy) is 1. The molecule has 4 rings (SSSR count). The lowest BCUT2D eigenvalue weighted by atomic mass is 10.0. The number of nitrogens with zero attached hydrogens (tertiary/aromatic N) is 1. The molecule has 1 N–H and O–H groups in total. The molecule has 6 nitrogen and oxygen atoms in total. The fourth-order valence-electron chi connectivity index (χ4n) is 3.04. The largest absolute Gasteiger partial charge is 0.478 e. The van der Waals surface area contributed by atoms with E-state index in [1.165, 1.54) is 30.4 Å². The number of ketones is 1. The Morgan fingerprint density at radius 3 is 2.53 bits per heavy atom. The number of hydrogen-bond acceptors (Lipinski definition) is 6. The highest BCUT2D eigenvalue weighted by atomic mass is 32.1. The van der Waals surface area contributed by atoms with Crippen molar-refractivity contribution in [3.8, 4) is 27.8 Å². The van der Waals surface area contributed by atoms with Gasteiger partial charge in [0, 0.05) is 5.56 Å². The topological polar surface area (TPSA) is 89.6 Å². The van der Waals surface area contributed by atoms with E-state index in [9.17, 15) is 9.59 Å². The lowest BCUT2D eigenvalue weighted by molar-refractivity contribution is 0.0696. The van der Waals surface area contributed by atoms with Crippen molar-refractivity contribution >= 4 is 23.1 Å². The van der Waals surface area contributed by atoms with Crippen molar-refractivity contribution < 1.29 is 23.8 Å². The fraction of sp³-hybridized carbons (Fsp3) is 0.0870. The molecule has 0 aliphatic rings. The molecule has 0 unspecified atom stereocenters. The zero-order chi connectivity index (χ0) is 21.1. The molecule has 0 fully saturated rings. The maximum Gasteiger partial charge on any atom is 0.335 e. The number of carboxylic acid groups (broad SMARTS) is 1. The zero-order valence-electron chi connectivity index (χ0n) is 16.0. The Kier molecular flexibility index (Phi) is 5.45. The molecule has 3 heterocycles. The maximum atomic E-state index is 12.5. The van der Waals surface area contributed by atoms with E-state index in [2.05, 4.69) is 4.98 Å². The van der Waals surface area contributed by atoms with Crippen molar-refractivity contribution in [2.75, 3.05) is 0 Å². The predicted molar refractivity (Wildman–Crippen MR) is 113 cm³/mol. The van der Waals surface area contributed by atoms with Gasteiger partial charge in [-0.3, -0.25) is 4.79 Å². The van der Waals surface area contributed by atoms with Crippen LogP contribution in [0.5, 0.6) is 5.88 Å². The van der Waals surface area contributed by atoms with E-state index >= 15 is 0 Å². The molecule has 30 heavy (non-hydrogen) atoms. The van der Waals surface area contributed by atoms with Gasteiger partial charge in [0.05, 0.1) is 28.0 Å². The normalized spacial score (nSPS) is 10.7. The third-order valence-electron chi connectivity index (χ3n) is 4.48. The van der Waals surface area contributed by atoms with Crippen LogP contribution in [0.1, 0.15) is 33.2 Å². The van der Waals surface area contributed by atoms with E-state index in [1.807, 2.05) is 23.6 Å². The first kappa shape index (κ1) is 19.6. The fourth-order valence-corrected chi connectivity index (χ4v) is 3.72. The predicted octanol–water partition coefficient (Wildman–Crippen LogP) is 5.55. The number of carboxylic acids is 1. The molecule has 0 atom stereocenters. The number of hydrogen-bond donors (Lipinski definition) is 1. The number of aromatic nitrogens is 1. The Labute approximate surface area is 176 Å². The summed E-state index contributed by atoms with van der Waals surface area (Å²) >= 11 is 1.53. The lowest BCUT2D eigenvalue weighted by Crippen LogP contribution is -2.07. The van der Waals surface area contributed by atoms with Crippen LogP contribution in [0.3, 0.4) is 0 Å². The van der Waals surface area contributed by atoms with Crippen molar-refractivity contribution in [1.29, 1.82) is 0 Å². The maximum absolute atomic E-state index is 12.5. The zero-order valence-corrected chi connectivity index (χ0v) is 16.8. The number of carbonyl (C=O) groups is 2. The van der Waals surface area contributed by atoms with E-state index in [4.69, 9.17) is 14.3 Å². The number of benzene rings is 1. The minimum atomic E-state index is -0.991. The van der Waals surface area contributed by atoms with Crippen LogP contribution < -0.4 is 4.74 Å². The summed E-state index contributed by atoms with van der Waals surface area (Å²) in [6.07, 6.45) is 1.55. The number of furan rings is 1. The first-order valence-electron chi connectivity index (χ1n) is 9.11. The second-order valence-electron chi connectivity index (χ2n) is 6.54. The molecular formula is C23H17NO5S. The molecule has 0 bridgehead atoms. The molecule has 0 radical (unpaired) electrons. The van der Waals surface area contributed by atoms with E-state index in [0.717, 1.165) is 10.4 Å². The Hall–Kier alpha value is -3.71. The highest BCUT2D eigenvalue weighted by Crippen LogP contribution is 2.36. The van der Waals surface area contributed by atoms with Crippen molar-refractivity contribution in [2.24, 2.45) is 0 Å². The van der Waals surface area contributed by atoms with Gasteiger partial charge in [0.15, 0.2) is 5.78 Å². The monoisotopic (exact) mass is 419 g/mol. The highest BCUT2D eigenvalue weighted by Gasteiger charge is 2.22. The van der Waals surface area contributed by atoms with Gasteiger partial charge >= 0.3 is 5.97 Å². The van der Waals surface area contributed by atoms with Gasteiger partial charge in [-0.15, -0.1) is 11.3 Å². The molecule has 150 valence electrons. The third-order valence-corrected chi connectivity index (χ3v) is 5.37. The van der Waals surface area contributed by atoms with Gasteiger partial charge in [0.2, 0.25) is 5.88 Å². The van der Waals surface area contributed by atoms with Gasteiger partial charge in [-0.05, 0) is 54.3 Å². The quantitative estimate of drug-likeness (QED) is 0.395. The molecule has 4 aromatic rings. The van der Waals surface area contributed by atoms with Crippen molar-refractivity contribution in [3.05, 3.63) is 82.9 Å². The summed E-state index contributed by atoms with van der Waals surface area (Å²) in [5, 5.41) is 11.0. The van der Waals surface area contributed by atoms with E-state index < -0.39 is 5.97 Å². The van der Waals surface area contributed by atoms with Crippen LogP contribution in [0.4, 0.5) is 0 Å². The van der Waals surface area contributed by atoms with E-state index in [1.54, 1.807) is 30.5 Å². The van der Waals surface area contributed by atoms with Gasteiger partial charge in [-0.1, -0.05) is 18.2 Å². The van der Waals surface area contributed by atoms with Crippen LogP contribution in [0, 0.1) is 0 Å². The van der Waals surface area contributed by atoms with E-state index in [0.29, 0.717) is 22.6 Å². The molecule has 0 aliphatic carbocycles. The van der Waals surface area contributed by atoms with Gasteiger partial charge < -0.3 is 14.3 Å². The summed E-state index contributed by atoms with van der Waals surface area (Å²) in [6.45, 7) is 1.60.